The molecule has 0 aromatic heterocycles. The Kier molecular flexibility index (Phi) is 3.35. The minimum Gasteiger partial charge on any atom is -0.480 e. The van der Waals surface area contributed by atoms with Gasteiger partial charge in [-0.25, -0.2) is 9.59 Å². The summed E-state index contributed by atoms with van der Waals surface area (Å²) in [7, 11) is 0. The fourth-order valence-electron chi connectivity index (χ4n) is 3.64. The van der Waals surface area contributed by atoms with Gasteiger partial charge in [-0.15, -0.1) is 0 Å². The Morgan fingerprint density at radius 3 is 2.42 bits per heavy atom. The van der Waals surface area contributed by atoms with E-state index >= 15 is 0 Å². The summed E-state index contributed by atoms with van der Waals surface area (Å²) in [6.07, 6.45) is 3.65. The predicted octanol–water partition coefficient (Wildman–Crippen LogP) is 0.339. The molecule has 4 aliphatic heterocycles. The third-order valence-corrected chi connectivity index (χ3v) is 4.76. The SMILES string of the molecule is O=C(O)C1CCCN1C(=O)NC1CN2CCC1CC2. The highest BCUT2D eigenvalue weighted by Crippen LogP contribution is 2.28. The molecule has 2 atom stereocenters. The van der Waals surface area contributed by atoms with E-state index in [2.05, 4.69) is 10.2 Å². The van der Waals surface area contributed by atoms with Crippen LogP contribution in [0.2, 0.25) is 0 Å². The lowest BCUT2D eigenvalue weighted by molar-refractivity contribution is -0.141. The van der Waals surface area contributed by atoms with E-state index in [1.165, 1.54) is 4.90 Å². The van der Waals surface area contributed by atoms with E-state index in [9.17, 15) is 9.59 Å². The first-order chi connectivity index (χ1) is 9.15. The quantitative estimate of drug-likeness (QED) is 0.756. The van der Waals surface area contributed by atoms with E-state index in [1.807, 2.05) is 0 Å². The lowest BCUT2D eigenvalue weighted by Gasteiger charge is -2.45. The summed E-state index contributed by atoms with van der Waals surface area (Å²) in [5.74, 6) is -0.318. The molecule has 4 aliphatic rings. The number of nitrogens with zero attached hydrogens (tertiary/aromatic N) is 2. The zero-order valence-electron chi connectivity index (χ0n) is 11.0. The summed E-state index contributed by atoms with van der Waals surface area (Å²) in [5, 5.41) is 12.2. The van der Waals surface area contributed by atoms with Crippen LogP contribution in [0.3, 0.4) is 0 Å². The number of urea groups is 1. The van der Waals surface area contributed by atoms with Gasteiger partial charge in [0.05, 0.1) is 0 Å². The van der Waals surface area contributed by atoms with Gasteiger partial charge in [0.15, 0.2) is 0 Å². The maximum Gasteiger partial charge on any atom is 0.326 e. The van der Waals surface area contributed by atoms with Crippen LogP contribution in [0.25, 0.3) is 0 Å². The van der Waals surface area contributed by atoms with Gasteiger partial charge >= 0.3 is 12.0 Å². The van der Waals surface area contributed by atoms with Gasteiger partial charge < -0.3 is 20.2 Å². The summed E-state index contributed by atoms with van der Waals surface area (Å²) in [6.45, 7) is 3.75. The smallest absolute Gasteiger partial charge is 0.326 e. The molecule has 0 aromatic rings. The minimum absolute atomic E-state index is 0.191. The molecule has 2 unspecified atom stereocenters. The summed E-state index contributed by atoms with van der Waals surface area (Å²) in [6, 6.07) is -0.630. The fourth-order valence-corrected chi connectivity index (χ4v) is 3.64. The molecule has 4 fully saturated rings. The van der Waals surface area contributed by atoms with Gasteiger partial charge in [-0.2, -0.15) is 0 Å². The molecule has 19 heavy (non-hydrogen) atoms. The van der Waals surface area contributed by atoms with Gasteiger partial charge in [0.1, 0.15) is 6.04 Å². The molecule has 0 spiro atoms. The molecule has 0 aromatic carbocycles. The fraction of sp³-hybridized carbons (Fsp3) is 0.846. The highest BCUT2D eigenvalue weighted by Gasteiger charge is 2.38. The van der Waals surface area contributed by atoms with Crippen LogP contribution < -0.4 is 5.32 Å². The molecule has 2 bridgehead atoms. The number of fused-ring (bicyclic) bond motifs is 3. The first-order valence-electron chi connectivity index (χ1n) is 7.17. The number of carbonyl (C=O) groups is 2. The molecule has 6 heteroatoms. The number of rotatable bonds is 2. The molecule has 0 aliphatic carbocycles. The van der Waals surface area contributed by atoms with Gasteiger partial charge in [-0.3, -0.25) is 0 Å². The topological polar surface area (TPSA) is 72.9 Å². The highest BCUT2D eigenvalue weighted by atomic mass is 16.4. The van der Waals surface area contributed by atoms with Crippen LogP contribution >= 0.6 is 0 Å². The van der Waals surface area contributed by atoms with Crippen LogP contribution in [0.5, 0.6) is 0 Å². The normalized spacial score (nSPS) is 37.4. The van der Waals surface area contributed by atoms with Crippen LogP contribution in [-0.4, -0.2) is 65.2 Å². The van der Waals surface area contributed by atoms with Crippen molar-refractivity contribution in [2.75, 3.05) is 26.2 Å². The third-order valence-electron chi connectivity index (χ3n) is 4.76. The molecule has 4 saturated heterocycles. The molecule has 2 N–H and O–H groups in total. The maximum absolute atomic E-state index is 12.2. The second-order valence-electron chi connectivity index (χ2n) is 5.88. The molecule has 0 radical (unpaired) electrons. The van der Waals surface area contributed by atoms with E-state index in [1.54, 1.807) is 0 Å². The van der Waals surface area contributed by atoms with Crippen molar-refractivity contribution in [3.8, 4) is 0 Å². The standard InChI is InChI=1S/C13H21N3O3/c17-12(18)11-2-1-5-16(11)13(19)14-10-8-15-6-3-9(10)4-7-15/h9-11H,1-8H2,(H,14,19)(H,17,18). The largest absolute Gasteiger partial charge is 0.480 e. The van der Waals surface area contributed by atoms with Crippen molar-refractivity contribution >= 4 is 12.0 Å². The lowest BCUT2D eigenvalue weighted by atomic mass is 9.84. The second kappa shape index (κ2) is 5.00. The zero-order chi connectivity index (χ0) is 13.4. The molecule has 4 rings (SSSR count). The maximum atomic E-state index is 12.2. The first-order valence-corrected chi connectivity index (χ1v) is 7.17. The van der Waals surface area contributed by atoms with E-state index in [-0.39, 0.29) is 12.1 Å². The lowest BCUT2D eigenvalue weighted by Crippen LogP contribution is -2.59. The van der Waals surface area contributed by atoms with Gasteiger partial charge in [0, 0.05) is 19.1 Å². The number of amides is 2. The Morgan fingerprint density at radius 1 is 1.11 bits per heavy atom. The number of piperidine rings is 3. The van der Waals surface area contributed by atoms with Crippen molar-refractivity contribution in [3.63, 3.8) is 0 Å². The second-order valence-corrected chi connectivity index (χ2v) is 5.88. The van der Waals surface area contributed by atoms with E-state index in [4.69, 9.17) is 5.11 Å². The molecule has 4 heterocycles. The van der Waals surface area contributed by atoms with Crippen molar-refractivity contribution in [2.24, 2.45) is 5.92 Å². The minimum atomic E-state index is -0.887. The number of nitrogens with one attached hydrogen (secondary N) is 1. The number of hydrogen-bond donors (Lipinski definition) is 2. The summed E-state index contributed by atoms with van der Waals surface area (Å²) >= 11 is 0. The van der Waals surface area contributed by atoms with Crippen molar-refractivity contribution in [2.45, 2.75) is 37.8 Å². The van der Waals surface area contributed by atoms with Crippen LogP contribution in [-0.2, 0) is 4.79 Å². The molecule has 106 valence electrons. The number of likely N-dealkylation sites (tertiary alicyclic amines) is 1. The Labute approximate surface area is 112 Å². The van der Waals surface area contributed by atoms with Crippen molar-refractivity contribution < 1.29 is 14.7 Å². The average molecular weight is 267 g/mol. The van der Waals surface area contributed by atoms with Crippen LogP contribution in [0.15, 0.2) is 0 Å². The molecular formula is C13H21N3O3. The number of carboxylic acid groups (broad SMARTS) is 1. The van der Waals surface area contributed by atoms with E-state index < -0.39 is 12.0 Å². The highest BCUT2D eigenvalue weighted by molar-refractivity contribution is 5.83. The van der Waals surface area contributed by atoms with Crippen LogP contribution in [0, 0.1) is 5.92 Å². The Bertz CT molecular complexity index is 379. The van der Waals surface area contributed by atoms with Crippen LogP contribution in [0.4, 0.5) is 4.79 Å². The van der Waals surface area contributed by atoms with Gasteiger partial charge in [-0.05, 0) is 44.7 Å². The van der Waals surface area contributed by atoms with Gasteiger partial charge in [0.2, 0.25) is 0 Å². The third kappa shape index (κ3) is 2.41. The Morgan fingerprint density at radius 2 is 1.84 bits per heavy atom. The first kappa shape index (κ1) is 12.7. The Balaban J connectivity index is 1.60. The van der Waals surface area contributed by atoms with Crippen molar-refractivity contribution in [3.05, 3.63) is 0 Å². The molecular weight excluding hydrogens is 246 g/mol. The molecule has 6 nitrogen and oxygen atoms in total. The van der Waals surface area contributed by atoms with Gasteiger partial charge in [-0.1, -0.05) is 0 Å². The van der Waals surface area contributed by atoms with Crippen molar-refractivity contribution in [1.82, 2.24) is 15.1 Å². The average Bonchev–Trinajstić information content (AvgIpc) is 2.89. The van der Waals surface area contributed by atoms with E-state index in [0.717, 1.165) is 38.9 Å². The van der Waals surface area contributed by atoms with Crippen LogP contribution in [0.1, 0.15) is 25.7 Å². The monoisotopic (exact) mass is 267 g/mol. The molecule has 2 amide bonds. The number of carbonyl (C=O) groups excluding carboxylic acids is 1. The Hall–Kier alpha value is -1.30. The molecule has 0 saturated carbocycles. The number of carboxylic acids is 1. The van der Waals surface area contributed by atoms with Crippen molar-refractivity contribution in [1.29, 1.82) is 0 Å². The zero-order valence-corrected chi connectivity index (χ0v) is 11.0. The van der Waals surface area contributed by atoms with Gasteiger partial charge in [0.25, 0.3) is 0 Å². The summed E-state index contributed by atoms with van der Waals surface area (Å²) in [4.78, 5) is 27.2. The predicted molar refractivity (Wildman–Crippen MR) is 68.8 cm³/mol. The summed E-state index contributed by atoms with van der Waals surface area (Å²) in [5.41, 5.74) is 0. The van der Waals surface area contributed by atoms with E-state index in [0.29, 0.717) is 18.9 Å². The number of aliphatic carboxylic acids is 1. The number of hydrogen-bond acceptors (Lipinski definition) is 3. The summed E-state index contributed by atoms with van der Waals surface area (Å²) < 4.78 is 0.